The highest BCUT2D eigenvalue weighted by atomic mass is 16.2. The van der Waals surface area contributed by atoms with Gasteiger partial charge in [-0.2, -0.15) is 5.10 Å². The highest BCUT2D eigenvalue weighted by molar-refractivity contribution is 6.05. The third-order valence-corrected chi connectivity index (χ3v) is 3.84. The molecule has 5 nitrogen and oxygen atoms in total. The van der Waals surface area contributed by atoms with E-state index in [9.17, 15) is 9.59 Å². The van der Waals surface area contributed by atoms with Crippen molar-refractivity contribution in [1.82, 2.24) is 9.78 Å². The van der Waals surface area contributed by atoms with Gasteiger partial charge in [-0.1, -0.05) is 18.2 Å². The molecule has 1 amide bonds. The molecule has 0 saturated carbocycles. The van der Waals surface area contributed by atoms with Crippen LogP contribution < -0.4 is 10.5 Å². The van der Waals surface area contributed by atoms with E-state index in [0.29, 0.717) is 12.2 Å². The summed E-state index contributed by atoms with van der Waals surface area (Å²) in [6, 6.07) is 8.97. The van der Waals surface area contributed by atoms with Crippen LogP contribution in [0.5, 0.6) is 0 Å². The first kappa shape index (κ1) is 13.5. The van der Waals surface area contributed by atoms with Crippen LogP contribution in [0.2, 0.25) is 0 Å². The summed E-state index contributed by atoms with van der Waals surface area (Å²) in [5.41, 5.74) is 3.35. The van der Waals surface area contributed by atoms with Gasteiger partial charge in [0, 0.05) is 19.7 Å². The van der Waals surface area contributed by atoms with Gasteiger partial charge < -0.3 is 4.90 Å². The Kier molecular flexibility index (Phi) is 3.33. The molecule has 21 heavy (non-hydrogen) atoms. The van der Waals surface area contributed by atoms with Crippen LogP contribution in [-0.4, -0.2) is 22.2 Å². The fourth-order valence-corrected chi connectivity index (χ4v) is 2.80. The summed E-state index contributed by atoms with van der Waals surface area (Å²) in [4.78, 5) is 25.9. The summed E-state index contributed by atoms with van der Waals surface area (Å²) in [5, 5.41) is 4.06. The molecule has 0 radical (unpaired) electrons. The van der Waals surface area contributed by atoms with Gasteiger partial charge in [0.2, 0.25) is 0 Å². The van der Waals surface area contributed by atoms with Crippen LogP contribution >= 0.6 is 0 Å². The van der Waals surface area contributed by atoms with Crippen molar-refractivity contribution in [3.05, 3.63) is 57.5 Å². The average molecular weight is 283 g/mol. The molecule has 1 aliphatic heterocycles. The van der Waals surface area contributed by atoms with E-state index in [1.165, 1.54) is 22.4 Å². The van der Waals surface area contributed by atoms with E-state index in [1.807, 2.05) is 19.1 Å². The molecule has 5 heteroatoms. The van der Waals surface area contributed by atoms with Crippen molar-refractivity contribution >= 4 is 11.6 Å². The van der Waals surface area contributed by atoms with Gasteiger partial charge in [-0.15, -0.1) is 0 Å². The standard InChI is InChI=1S/C16H17N3O2/c1-11-5-3-6-12-7-4-10-19(15(11)12)16(21)13-8-9-14(20)18(2)17-13/h3,5-6,8-9H,4,7,10H2,1-2H3. The number of para-hydroxylation sites is 1. The van der Waals surface area contributed by atoms with E-state index in [-0.39, 0.29) is 11.5 Å². The summed E-state index contributed by atoms with van der Waals surface area (Å²) in [7, 11) is 1.55. The third kappa shape index (κ3) is 2.35. The Labute approximate surface area is 122 Å². The van der Waals surface area contributed by atoms with Crippen molar-refractivity contribution in [2.24, 2.45) is 7.05 Å². The first-order valence-electron chi connectivity index (χ1n) is 7.02. The number of amides is 1. The second-order valence-corrected chi connectivity index (χ2v) is 5.32. The largest absolute Gasteiger partial charge is 0.306 e. The summed E-state index contributed by atoms with van der Waals surface area (Å²) in [6.45, 7) is 2.69. The number of hydrogen-bond acceptors (Lipinski definition) is 3. The maximum Gasteiger partial charge on any atom is 0.278 e. The normalized spacial score (nSPS) is 13.9. The predicted molar refractivity (Wildman–Crippen MR) is 80.7 cm³/mol. The number of carbonyl (C=O) groups excluding carboxylic acids is 1. The fraction of sp³-hybridized carbons (Fsp3) is 0.312. The van der Waals surface area contributed by atoms with Gasteiger partial charge in [0.05, 0.1) is 5.69 Å². The number of fused-ring (bicyclic) bond motifs is 1. The molecule has 1 aromatic heterocycles. The second-order valence-electron chi connectivity index (χ2n) is 5.32. The van der Waals surface area contributed by atoms with Crippen molar-refractivity contribution in [1.29, 1.82) is 0 Å². The lowest BCUT2D eigenvalue weighted by Gasteiger charge is -2.30. The Morgan fingerprint density at radius 1 is 1.24 bits per heavy atom. The van der Waals surface area contributed by atoms with Gasteiger partial charge in [-0.05, 0) is 37.0 Å². The minimum Gasteiger partial charge on any atom is -0.306 e. The van der Waals surface area contributed by atoms with Crippen LogP contribution in [0.1, 0.15) is 28.0 Å². The first-order chi connectivity index (χ1) is 10.1. The zero-order valence-electron chi connectivity index (χ0n) is 12.2. The molecule has 2 aromatic rings. The summed E-state index contributed by atoms with van der Waals surface area (Å²) in [6.07, 6.45) is 1.93. The Morgan fingerprint density at radius 2 is 2.05 bits per heavy atom. The van der Waals surface area contributed by atoms with Crippen molar-refractivity contribution in [3.8, 4) is 0 Å². The van der Waals surface area contributed by atoms with E-state index < -0.39 is 0 Å². The Balaban J connectivity index is 2.04. The number of aryl methyl sites for hydroxylation is 3. The van der Waals surface area contributed by atoms with Gasteiger partial charge >= 0.3 is 0 Å². The zero-order chi connectivity index (χ0) is 15.0. The van der Waals surface area contributed by atoms with Crippen molar-refractivity contribution in [2.45, 2.75) is 19.8 Å². The number of nitrogens with zero attached hydrogens (tertiary/aromatic N) is 3. The highest BCUT2D eigenvalue weighted by Gasteiger charge is 2.26. The number of hydrogen-bond donors (Lipinski definition) is 0. The van der Waals surface area contributed by atoms with Gasteiger partial charge in [-0.25, -0.2) is 4.68 Å². The SMILES string of the molecule is Cc1cccc2c1N(C(=O)c1ccc(=O)n(C)n1)CCC2. The lowest BCUT2D eigenvalue weighted by atomic mass is 9.98. The van der Waals surface area contributed by atoms with Crippen molar-refractivity contribution < 1.29 is 4.79 Å². The Hall–Kier alpha value is -2.43. The Bertz CT molecular complexity index is 764. The number of carbonyl (C=O) groups is 1. The van der Waals surface area contributed by atoms with E-state index in [4.69, 9.17) is 0 Å². The van der Waals surface area contributed by atoms with Gasteiger partial charge in [-0.3, -0.25) is 9.59 Å². The van der Waals surface area contributed by atoms with Crippen LogP contribution in [0.15, 0.2) is 35.1 Å². The molecule has 0 fully saturated rings. The summed E-state index contributed by atoms with van der Waals surface area (Å²) < 4.78 is 1.19. The second kappa shape index (κ2) is 5.16. The van der Waals surface area contributed by atoms with Crippen LogP contribution in [0.4, 0.5) is 5.69 Å². The molecule has 108 valence electrons. The van der Waals surface area contributed by atoms with Crippen LogP contribution in [0, 0.1) is 6.92 Å². The van der Waals surface area contributed by atoms with Crippen molar-refractivity contribution in [3.63, 3.8) is 0 Å². The van der Waals surface area contributed by atoms with Crippen LogP contribution in [0.3, 0.4) is 0 Å². The molecular weight excluding hydrogens is 266 g/mol. The highest BCUT2D eigenvalue weighted by Crippen LogP contribution is 2.31. The minimum atomic E-state index is -0.221. The number of rotatable bonds is 1. The lowest BCUT2D eigenvalue weighted by Crippen LogP contribution is -2.37. The van der Waals surface area contributed by atoms with E-state index >= 15 is 0 Å². The topological polar surface area (TPSA) is 55.2 Å². The molecule has 3 rings (SSSR count). The van der Waals surface area contributed by atoms with E-state index in [0.717, 1.165) is 24.1 Å². The smallest absolute Gasteiger partial charge is 0.278 e. The minimum absolute atomic E-state index is 0.152. The van der Waals surface area contributed by atoms with Gasteiger partial charge in [0.15, 0.2) is 0 Å². The average Bonchev–Trinajstić information content (AvgIpc) is 2.49. The number of benzene rings is 1. The van der Waals surface area contributed by atoms with Gasteiger partial charge in [0.25, 0.3) is 11.5 Å². The molecule has 0 spiro atoms. The number of anilines is 1. The molecular formula is C16H17N3O2. The van der Waals surface area contributed by atoms with Crippen LogP contribution in [0.25, 0.3) is 0 Å². The number of aromatic nitrogens is 2. The first-order valence-corrected chi connectivity index (χ1v) is 7.02. The molecule has 0 N–H and O–H groups in total. The maximum absolute atomic E-state index is 12.7. The molecule has 2 heterocycles. The quantitative estimate of drug-likeness (QED) is 0.800. The molecule has 0 saturated heterocycles. The van der Waals surface area contributed by atoms with E-state index in [2.05, 4.69) is 11.2 Å². The molecule has 0 bridgehead atoms. The maximum atomic E-state index is 12.7. The zero-order valence-corrected chi connectivity index (χ0v) is 12.2. The lowest BCUT2D eigenvalue weighted by molar-refractivity contribution is 0.0978. The molecule has 0 atom stereocenters. The van der Waals surface area contributed by atoms with E-state index in [1.54, 1.807) is 11.9 Å². The monoisotopic (exact) mass is 283 g/mol. The van der Waals surface area contributed by atoms with Crippen molar-refractivity contribution in [2.75, 3.05) is 11.4 Å². The summed E-state index contributed by atoms with van der Waals surface area (Å²) in [5.74, 6) is -0.152. The molecule has 0 aliphatic carbocycles. The fourth-order valence-electron chi connectivity index (χ4n) is 2.80. The molecule has 1 aliphatic rings. The van der Waals surface area contributed by atoms with Crippen LogP contribution in [-0.2, 0) is 13.5 Å². The third-order valence-electron chi connectivity index (χ3n) is 3.84. The molecule has 0 unspecified atom stereocenters. The molecule has 1 aromatic carbocycles. The predicted octanol–water partition coefficient (Wildman–Crippen LogP) is 1.68. The van der Waals surface area contributed by atoms with Gasteiger partial charge in [0.1, 0.15) is 5.69 Å². The Morgan fingerprint density at radius 3 is 2.81 bits per heavy atom. The summed E-state index contributed by atoms with van der Waals surface area (Å²) >= 11 is 0.